The molecule has 1 aromatic carbocycles. The molecule has 1 aromatic heterocycles. The highest BCUT2D eigenvalue weighted by molar-refractivity contribution is 5.93. The molecular weight excluding hydrogens is 493 g/mol. The van der Waals surface area contributed by atoms with Crippen molar-refractivity contribution in [3.63, 3.8) is 0 Å². The summed E-state index contributed by atoms with van der Waals surface area (Å²) in [7, 11) is 0. The number of carboxylic acid groups (broad SMARTS) is 1. The molecule has 7 heteroatoms. The molecule has 6 nitrogen and oxygen atoms in total. The zero-order valence-corrected chi connectivity index (χ0v) is 23.9. The van der Waals surface area contributed by atoms with Crippen LogP contribution >= 0.6 is 0 Å². The highest BCUT2D eigenvalue weighted by Gasteiger charge is 2.28. The van der Waals surface area contributed by atoms with E-state index in [0.717, 1.165) is 45.6 Å². The van der Waals surface area contributed by atoms with Gasteiger partial charge in [-0.1, -0.05) is 84.0 Å². The zero-order valence-electron chi connectivity index (χ0n) is 23.9. The SMILES string of the molecule is CCCCCCCCCCCCCCCN1CCN(c2cc3c(cc2F)c(=O)c(C(=O)O)cn3C2CC2)CC1. The van der Waals surface area contributed by atoms with Gasteiger partial charge >= 0.3 is 5.97 Å². The Bertz CT molecular complexity index is 1140. The highest BCUT2D eigenvalue weighted by Crippen LogP contribution is 2.38. The summed E-state index contributed by atoms with van der Waals surface area (Å²) in [6.45, 7) is 6.69. The van der Waals surface area contributed by atoms with Crippen molar-refractivity contribution in [1.29, 1.82) is 0 Å². The molecule has 0 unspecified atom stereocenters. The first kappa shape index (κ1) is 29.6. The van der Waals surface area contributed by atoms with Gasteiger partial charge in [0.1, 0.15) is 11.4 Å². The molecule has 1 aliphatic carbocycles. The summed E-state index contributed by atoms with van der Waals surface area (Å²) in [6, 6.07) is 3.19. The third-order valence-electron chi connectivity index (χ3n) is 8.56. The molecule has 1 N–H and O–H groups in total. The summed E-state index contributed by atoms with van der Waals surface area (Å²) in [5, 5.41) is 9.61. The molecule has 1 saturated carbocycles. The number of hydrogen-bond donors (Lipinski definition) is 1. The minimum atomic E-state index is -1.26. The van der Waals surface area contributed by atoms with Gasteiger partial charge in [0.15, 0.2) is 0 Å². The van der Waals surface area contributed by atoms with Crippen molar-refractivity contribution in [1.82, 2.24) is 9.47 Å². The molecule has 216 valence electrons. The Labute approximate surface area is 233 Å². The lowest BCUT2D eigenvalue weighted by Gasteiger charge is -2.36. The van der Waals surface area contributed by atoms with Crippen molar-refractivity contribution in [2.75, 3.05) is 37.6 Å². The first-order valence-corrected chi connectivity index (χ1v) is 15.6. The minimum Gasteiger partial charge on any atom is -0.477 e. The van der Waals surface area contributed by atoms with Gasteiger partial charge in [-0.25, -0.2) is 9.18 Å². The van der Waals surface area contributed by atoms with Crippen molar-refractivity contribution < 1.29 is 14.3 Å². The zero-order chi connectivity index (χ0) is 27.6. The lowest BCUT2D eigenvalue weighted by molar-refractivity contribution is 0.0695. The second kappa shape index (κ2) is 14.8. The minimum absolute atomic E-state index is 0.157. The fraction of sp³-hybridized carbons (Fsp3) is 0.688. The Morgan fingerprint density at radius 2 is 1.44 bits per heavy atom. The number of aromatic carboxylic acids is 1. The molecule has 0 radical (unpaired) electrons. The van der Waals surface area contributed by atoms with Crippen molar-refractivity contribution in [2.24, 2.45) is 0 Å². The molecule has 0 bridgehead atoms. The van der Waals surface area contributed by atoms with Gasteiger partial charge in [0.2, 0.25) is 5.43 Å². The summed E-state index contributed by atoms with van der Waals surface area (Å²) in [4.78, 5) is 28.9. The van der Waals surface area contributed by atoms with Crippen LogP contribution in [0, 0.1) is 5.82 Å². The number of rotatable bonds is 17. The van der Waals surface area contributed by atoms with Gasteiger partial charge in [0, 0.05) is 43.8 Å². The van der Waals surface area contributed by atoms with Crippen LogP contribution in [0.1, 0.15) is 120 Å². The van der Waals surface area contributed by atoms with E-state index >= 15 is 4.39 Å². The molecule has 2 fully saturated rings. The van der Waals surface area contributed by atoms with Crippen LogP contribution in [-0.4, -0.2) is 53.3 Å². The maximum Gasteiger partial charge on any atom is 0.341 e. The first-order valence-electron chi connectivity index (χ1n) is 15.6. The van der Waals surface area contributed by atoms with E-state index in [1.165, 1.54) is 95.7 Å². The van der Waals surface area contributed by atoms with Gasteiger partial charge in [0.05, 0.1) is 11.2 Å². The molecule has 0 amide bonds. The predicted molar refractivity (Wildman–Crippen MR) is 158 cm³/mol. The topological polar surface area (TPSA) is 65.8 Å². The van der Waals surface area contributed by atoms with Crippen LogP contribution in [0.5, 0.6) is 0 Å². The lowest BCUT2D eigenvalue weighted by Crippen LogP contribution is -2.47. The highest BCUT2D eigenvalue weighted by atomic mass is 19.1. The number of carbonyl (C=O) groups is 1. The van der Waals surface area contributed by atoms with Crippen LogP contribution in [0.3, 0.4) is 0 Å². The third-order valence-corrected chi connectivity index (χ3v) is 8.56. The van der Waals surface area contributed by atoms with Crippen molar-refractivity contribution in [3.8, 4) is 0 Å². The fourth-order valence-corrected chi connectivity index (χ4v) is 5.97. The number of aromatic nitrogens is 1. The number of halogens is 1. The molecule has 0 atom stereocenters. The first-order chi connectivity index (χ1) is 19.0. The monoisotopic (exact) mass is 541 g/mol. The van der Waals surface area contributed by atoms with Crippen molar-refractivity contribution >= 4 is 22.6 Å². The number of piperazine rings is 1. The number of unbranched alkanes of at least 4 members (excludes halogenated alkanes) is 12. The molecule has 2 aliphatic rings. The summed E-state index contributed by atoms with van der Waals surface area (Å²) in [5.41, 5.74) is 0.254. The van der Waals surface area contributed by atoms with Gasteiger partial charge in [0.25, 0.3) is 0 Å². The van der Waals surface area contributed by atoms with Crippen molar-refractivity contribution in [3.05, 3.63) is 39.9 Å². The smallest absolute Gasteiger partial charge is 0.341 e. The Balaban J connectivity index is 1.18. The number of nitrogens with zero attached hydrogens (tertiary/aromatic N) is 3. The van der Waals surface area contributed by atoms with E-state index in [1.807, 2.05) is 4.57 Å². The number of carboxylic acids is 1. The van der Waals surface area contributed by atoms with Crippen LogP contribution in [0.4, 0.5) is 10.1 Å². The van der Waals surface area contributed by atoms with E-state index in [9.17, 15) is 14.7 Å². The third kappa shape index (κ3) is 8.29. The van der Waals surface area contributed by atoms with Gasteiger partial charge in [-0.2, -0.15) is 0 Å². The molecule has 0 spiro atoms. The Morgan fingerprint density at radius 1 is 0.872 bits per heavy atom. The summed E-state index contributed by atoms with van der Waals surface area (Å²) in [5.74, 6) is -1.71. The molecule has 4 rings (SSSR count). The van der Waals surface area contributed by atoms with E-state index < -0.39 is 17.2 Å². The Hall–Kier alpha value is -2.41. The van der Waals surface area contributed by atoms with Gasteiger partial charge < -0.3 is 14.6 Å². The molecule has 2 heterocycles. The number of pyridine rings is 1. The van der Waals surface area contributed by atoms with E-state index in [1.54, 1.807) is 6.07 Å². The maximum absolute atomic E-state index is 15.2. The van der Waals surface area contributed by atoms with E-state index in [-0.39, 0.29) is 17.0 Å². The van der Waals surface area contributed by atoms with E-state index in [4.69, 9.17) is 0 Å². The normalized spacial score (nSPS) is 16.3. The standard InChI is InChI=1S/C32H48FN3O3/c1-2-3-4-5-6-7-8-9-10-11-12-13-14-17-34-18-20-35(21-19-34)30-23-29-26(22-28(30)33)31(37)27(32(38)39)24-36(29)25-15-16-25/h22-25H,2-21H2,1H3,(H,38,39). The van der Waals surface area contributed by atoms with Crippen LogP contribution in [-0.2, 0) is 0 Å². The van der Waals surface area contributed by atoms with Gasteiger partial charge in [-0.05, 0) is 37.9 Å². The summed E-state index contributed by atoms with van der Waals surface area (Å²) < 4.78 is 17.1. The summed E-state index contributed by atoms with van der Waals surface area (Å²) >= 11 is 0. The maximum atomic E-state index is 15.2. The molecule has 1 saturated heterocycles. The quantitative estimate of drug-likeness (QED) is 0.212. The second-order valence-corrected chi connectivity index (χ2v) is 11.7. The van der Waals surface area contributed by atoms with Crippen LogP contribution in [0.15, 0.2) is 23.1 Å². The van der Waals surface area contributed by atoms with Gasteiger partial charge in [-0.3, -0.25) is 9.69 Å². The fourth-order valence-electron chi connectivity index (χ4n) is 5.97. The van der Waals surface area contributed by atoms with Crippen LogP contribution < -0.4 is 10.3 Å². The number of anilines is 1. The molecule has 1 aliphatic heterocycles. The number of hydrogen-bond acceptors (Lipinski definition) is 4. The largest absolute Gasteiger partial charge is 0.477 e. The van der Waals surface area contributed by atoms with Crippen molar-refractivity contribution in [2.45, 2.75) is 109 Å². The average Bonchev–Trinajstić information content (AvgIpc) is 3.77. The average molecular weight is 542 g/mol. The lowest BCUT2D eigenvalue weighted by atomic mass is 10.0. The van der Waals surface area contributed by atoms with Crippen LogP contribution in [0.2, 0.25) is 0 Å². The Kier molecular flexibility index (Phi) is 11.2. The second-order valence-electron chi connectivity index (χ2n) is 11.7. The van der Waals surface area contributed by atoms with Crippen LogP contribution in [0.25, 0.3) is 10.9 Å². The summed E-state index contributed by atoms with van der Waals surface area (Å²) in [6.07, 6.45) is 21.0. The predicted octanol–water partition coefficient (Wildman–Crippen LogP) is 7.39. The molecule has 39 heavy (non-hydrogen) atoms. The number of benzene rings is 1. The van der Waals surface area contributed by atoms with Gasteiger partial charge in [-0.15, -0.1) is 0 Å². The molecule has 2 aromatic rings. The van der Waals surface area contributed by atoms with E-state index in [2.05, 4.69) is 16.7 Å². The number of fused-ring (bicyclic) bond motifs is 1. The Morgan fingerprint density at radius 3 is 1.97 bits per heavy atom. The van der Waals surface area contributed by atoms with E-state index in [0.29, 0.717) is 11.2 Å². The molecular formula is C32H48FN3O3.